The second-order valence-electron chi connectivity index (χ2n) is 6.13. The third-order valence-corrected chi connectivity index (χ3v) is 4.55. The average Bonchev–Trinajstić information content (AvgIpc) is 2.95. The van der Waals surface area contributed by atoms with Crippen LogP contribution in [-0.2, 0) is 4.79 Å². The smallest absolute Gasteiger partial charge is 0.253 e. The first kappa shape index (κ1) is 14.8. The Morgan fingerprint density at radius 2 is 1.88 bits per heavy atom. The summed E-state index contributed by atoms with van der Waals surface area (Å²) < 4.78 is 15.6. The number of hydrogen-bond acceptors (Lipinski definition) is 3. The van der Waals surface area contributed by atoms with Gasteiger partial charge in [-0.15, -0.1) is 0 Å². The Balaban J connectivity index is 1.89. The van der Waals surface area contributed by atoms with Crippen LogP contribution in [-0.4, -0.2) is 20.4 Å². The van der Waals surface area contributed by atoms with Crippen molar-refractivity contribution in [2.24, 2.45) is 0 Å². The lowest BCUT2D eigenvalue weighted by Crippen LogP contribution is -2.26. The maximum Gasteiger partial charge on any atom is 0.253 e. The standard InChI is InChI=1S/C20H13FN4O/c21-12-8-9-17-16(11-12)23-19-13-5-1-2-6-14(13)24-20(26)18(25(17)19)15-7-3-4-10-22-15/h1-11,18H,(H,24,26). The normalized spacial score (nSPS) is 15.9. The van der Waals surface area contributed by atoms with Crippen LogP contribution in [0.25, 0.3) is 22.4 Å². The highest BCUT2D eigenvalue weighted by atomic mass is 19.1. The molecular weight excluding hydrogens is 331 g/mol. The molecule has 6 heteroatoms. The van der Waals surface area contributed by atoms with Crippen molar-refractivity contribution in [3.63, 3.8) is 0 Å². The topological polar surface area (TPSA) is 59.8 Å². The van der Waals surface area contributed by atoms with E-state index in [0.29, 0.717) is 28.2 Å². The number of aromatic nitrogens is 3. The number of anilines is 1. The maximum absolute atomic E-state index is 13.7. The Hall–Kier alpha value is -3.54. The molecule has 2 aromatic heterocycles. The fraction of sp³-hybridized carbons (Fsp3) is 0.0500. The number of amides is 1. The number of nitrogens with zero attached hydrogens (tertiary/aromatic N) is 3. The van der Waals surface area contributed by atoms with Crippen LogP contribution < -0.4 is 5.32 Å². The van der Waals surface area contributed by atoms with Gasteiger partial charge in [-0.25, -0.2) is 9.37 Å². The summed E-state index contributed by atoms with van der Waals surface area (Å²) >= 11 is 0. The molecule has 0 fully saturated rings. The third kappa shape index (κ3) is 2.12. The van der Waals surface area contributed by atoms with Crippen LogP contribution in [0.4, 0.5) is 10.1 Å². The molecule has 0 saturated heterocycles. The molecule has 2 aromatic carbocycles. The van der Waals surface area contributed by atoms with Gasteiger partial charge in [0.25, 0.3) is 5.91 Å². The molecule has 0 spiro atoms. The monoisotopic (exact) mass is 344 g/mol. The second kappa shape index (κ2) is 5.49. The number of rotatable bonds is 1. The number of fused-ring (bicyclic) bond motifs is 5. The van der Waals surface area contributed by atoms with Crippen molar-refractivity contribution in [1.82, 2.24) is 14.5 Å². The largest absolute Gasteiger partial charge is 0.323 e. The molecule has 1 unspecified atom stereocenters. The SMILES string of the molecule is O=C1Nc2ccccc2-c2nc3cc(F)ccc3n2C1c1ccccn1. The lowest BCUT2D eigenvalue weighted by Gasteiger charge is -2.17. The van der Waals surface area contributed by atoms with E-state index in [1.54, 1.807) is 24.4 Å². The van der Waals surface area contributed by atoms with E-state index in [9.17, 15) is 9.18 Å². The molecular formula is C20H13FN4O. The van der Waals surface area contributed by atoms with E-state index in [4.69, 9.17) is 0 Å². The van der Waals surface area contributed by atoms with E-state index in [2.05, 4.69) is 15.3 Å². The number of carbonyl (C=O) groups excluding carboxylic acids is 1. The Kier molecular flexibility index (Phi) is 3.12. The quantitative estimate of drug-likeness (QED) is 0.572. The van der Waals surface area contributed by atoms with Crippen LogP contribution >= 0.6 is 0 Å². The van der Waals surface area contributed by atoms with E-state index in [1.165, 1.54) is 12.1 Å². The van der Waals surface area contributed by atoms with Gasteiger partial charge in [0.05, 0.1) is 22.4 Å². The molecule has 0 radical (unpaired) electrons. The summed E-state index contributed by atoms with van der Waals surface area (Å²) in [6.07, 6.45) is 1.65. The van der Waals surface area contributed by atoms with Gasteiger partial charge in [0.2, 0.25) is 0 Å². The number of para-hydroxylation sites is 1. The number of benzene rings is 2. The molecule has 3 heterocycles. The highest BCUT2D eigenvalue weighted by molar-refractivity contribution is 6.02. The van der Waals surface area contributed by atoms with Crippen LogP contribution in [0.2, 0.25) is 0 Å². The Bertz CT molecular complexity index is 1150. The molecule has 0 saturated carbocycles. The third-order valence-electron chi connectivity index (χ3n) is 4.55. The van der Waals surface area contributed by atoms with Gasteiger partial charge < -0.3 is 9.88 Å². The predicted octanol–water partition coefficient (Wildman–Crippen LogP) is 3.78. The summed E-state index contributed by atoms with van der Waals surface area (Å²) in [5.41, 5.74) is 3.25. The van der Waals surface area contributed by atoms with Crippen LogP contribution in [0.15, 0.2) is 66.9 Å². The molecule has 1 amide bonds. The van der Waals surface area contributed by atoms with Crippen molar-refractivity contribution >= 4 is 22.6 Å². The van der Waals surface area contributed by atoms with Crippen LogP contribution in [0.1, 0.15) is 11.7 Å². The van der Waals surface area contributed by atoms with Gasteiger partial charge in [-0.1, -0.05) is 18.2 Å². The molecule has 1 aliphatic heterocycles. The minimum absolute atomic E-state index is 0.210. The molecule has 1 N–H and O–H groups in total. The zero-order chi connectivity index (χ0) is 17.7. The first-order chi connectivity index (χ1) is 12.7. The molecule has 5 nitrogen and oxygen atoms in total. The number of nitrogens with one attached hydrogen (secondary N) is 1. The van der Waals surface area contributed by atoms with E-state index >= 15 is 0 Å². The van der Waals surface area contributed by atoms with Gasteiger partial charge >= 0.3 is 0 Å². The number of pyridine rings is 1. The average molecular weight is 344 g/mol. The highest BCUT2D eigenvalue weighted by Gasteiger charge is 2.32. The predicted molar refractivity (Wildman–Crippen MR) is 96.1 cm³/mol. The molecule has 0 aliphatic carbocycles. The highest BCUT2D eigenvalue weighted by Crippen LogP contribution is 2.38. The molecule has 26 heavy (non-hydrogen) atoms. The van der Waals surface area contributed by atoms with Crippen molar-refractivity contribution in [3.8, 4) is 11.4 Å². The molecule has 4 aromatic rings. The van der Waals surface area contributed by atoms with Crippen molar-refractivity contribution in [3.05, 3.63) is 78.4 Å². The van der Waals surface area contributed by atoms with Gasteiger partial charge in [0.1, 0.15) is 11.6 Å². The first-order valence-corrected chi connectivity index (χ1v) is 8.21. The van der Waals surface area contributed by atoms with Crippen molar-refractivity contribution in [1.29, 1.82) is 0 Å². The van der Waals surface area contributed by atoms with E-state index in [-0.39, 0.29) is 11.7 Å². The lowest BCUT2D eigenvalue weighted by molar-refractivity contribution is -0.118. The summed E-state index contributed by atoms with van der Waals surface area (Å²) in [4.78, 5) is 22.1. The van der Waals surface area contributed by atoms with Crippen molar-refractivity contribution in [2.75, 3.05) is 5.32 Å². The van der Waals surface area contributed by atoms with Crippen molar-refractivity contribution < 1.29 is 9.18 Å². The van der Waals surface area contributed by atoms with Gasteiger partial charge in [-0.2, -0.15) is 0 Å². The van der Waals surface area contributed by atoms with E-state index in [1.807, 2.05) is 34.9 Å². The van der Waals surface area contributed by atoms with Gasteiger partial charge in [-0.3, -0.25) is 9.78 Å². The first-order valence-electron chi connectivity index (χ1n) is 8.21. The molecule has 1 aliphatic rings. The minimum atomic E-state index is -0.700. The zero-order valence-electron chi connectivity index (χ0n) is 13.6. The lowest BCUT2D eigenvalue weighted by atomic mass is 10.1. The van der Waals surface area contributed by atoms with E-state index in [0.717, 1.165) is 5.56 Å². The van der Waals surface area contributed by atoms with E-state index < -0.39 is 6.04 Å². The van der Waals surface area contributed by atoms with Crippen LogP contribution in [0.5, 0.6) is 0 Å². The van der Waals surface area contributed by atoms with Crippen molar-refractivity contribution in [2.45, 2.75) is 6.04 Å². The van der Waals surface area contributed by atoms with Crippen LogP contribution in [0, 0.1) is 5.82 Å². The summed E-state index contributed by atoms with van der Waals surface area (Å²) in [6, 6.07) is 16.6. The number of carbonyl (C=O) groups is 1. The summed E-state index contributed by atoms with van der Waals surface area (Å²) in [6.45, 7) is 0. The fourth-order valence-corrected chi connectivity index (χ4v) is 3.43. The summed E-state index contributed by atoms with van der Waals surface area (Å²) in [5.74, 6) is 0.0339. The number of halogens is 1. The second-order valence-corrected chi connectivity index (χ2v) is 6.13. The Labute approximate surface area is 148 Å². The fourth-order valence-electron chi connectivity index (χ4n) is 3.43. The van der Waals surface area contributed by atoms with Gasteiger partial charge in [0.15, 0.2) is 6.04 Å². The summed E-state index contributed by atoms with van der Waals surface area (Å²) in [7, 11) is 0. The Morgan fingerprint density at radius 1 is 1.04 bits per heavy atom. The molecule has 0 bridgehead atoms. The number of imidazole rings is 1. The van der Waals surface area contributed by atoms with Crippen LogP contribution in [0.3, 0.4) is 0 Å². The Morgan fingerprint density at radius 3 is 2.73 bits per heavy atom. The maximum atomic E-state index is 13.7. The molecule has 1 atom stereocenters. The zero-order valence-corrected chi connectivity index (χ0v) is 13.6. The molecule has 126 valence electrons. The van der Waals surface area contributed by atoms with Gasteiger partial charge in [-0.05, 0) is 36.4 Å². The number of hydrogen-bond donors (Lipinski definition) is 1. The minimum Gasteiger partial charge on any atom is -0.323 e. The molecule has 5 rings (SSSR count). The summed E-state index contributed by atoms with van der Waals surface area (Å²) in [5, 5.41) is 2.97. The van der Waals surface area contributed by atoms with Gasteiger partial charge in [0, 0.05) is 17.8 Å².